The summed E-state index contributed by atoms with van der Waals surface area (Å²) >= 11 is 0. The van der Waals surface area contributed by atoms with Crippen LogP contribution < -0.4 is 5.73 Å². The zero-order valence-electron chi connectivity index (χ0n) is 13.0. The summed E-state index contributed by atoms with van der Waals surface area (Å²) in [6.45, 7) is 10.1. The smallest absolute Gasteiger partial charge is 0.0662 e. The number of nitrogens with two attached hydrogens (primary N) is 1. The van der Waals surface area contributed by atoms with Crippen molar-refractivity contribution in [2.45, 2.75) is 46.6 Å². The van der Waals surface area contributed by atoms with E-state index < -0.39 is 0 Å². The lowest BCUT2D eigenvalue weighted by molar-refractivity contribution is 0.657. The molecule has 1 heterocycles. The summed E-state index contributed by atoms with van der Waals surface area (Å²) in [5.74, 6) is 0.421. The Morgan fingerprint density at radius 3 is 2.35 bits per heavy atom. The molecule has 1 atom stereocenters. The van der Waals surface area contributed by atoms with E-state index in [0.717, 1.165) is 18.7 Å². The molecule has 20 heavy (non-hydrogen) atoms. The fraction of sp³-hybridized carbons (Fsp3) is 0.471. The lowest BCUT2D eigenvalue weighted by Crippen LogP contribution is -2.09. The van der Waals surface area contributed by atoms with E-state index in [1.807, 2.05) is 0 Å². The second-order valence-electron chi connectivity index (χ2n) is 5.54. The van der Waals surface area contributed by atoms with Crippen LogP contribution in [0, 0.1) is 13.8 Å². The topological polar surface area (TPSA) is 43.8 Å². The molecule has 2 rings (SSSR count). The minimum absolute atomic E-state index is 0.421. The van der Waals surface area contributed by atoms with Gasteiger partial charge in [-0.1, -0.05) is 38.1 Å². The Bertz CT molecular complexity index is 567. The van der Waals surface area contributed by atoms with E-state index >= 15 is 0 Å². The zero-order valence-corrected chi connectivity index (χ0v) is 13.0. The van der Waals surface area contributed by atoms with Gasteiger partial charge in [-0.15, -0.1) is 0 Å². The first-order valence-corrected chi connectivity index (χ1v) is 7.38. The Morgan fingerprint density at radius 2 is 1.85 bits per heavy atom. The van der Waals surface area contributed by atoms with Crippen molar-refractivity contribution in [3.05, 3.63) is 52.3 Å². The largest absolute Gasteiger partial charge is 0.330 e. The first-order chi connectivity index (χ1) is 9.56. The average molecular weight is 271 g/mol. The minimum Gasteiger partial charge on any atom is -0.330 e. The van der Waals surface area contributed by atoms with Gasteiger partial charge in [-0.05, 0) is 49.4 Å². The van der Waals surface area contributed by atoms with E-state index in [4.69, 9.17) is 5.73 Å². The van der Waals surface area contributed by atoms with Crippen molar-refractivity contribution in [3.8, 4) is 0 Å². The van der Waals surface area contributed by atoms with Crippen LogP contribution >= 0.6 is 0 Å². The summed E-state index contributed by atoms with van der Waals surface area (Å²) in [4.78, 5) is 0. The van der Waals surface area contributed by atoms with Crippen LogP contribution in [0.25, 0.3) is 0 Å². The molecule has 0 aliphatic carbocycles. The Balaban J connectivity index is 2.18. The van der Waals surface area contributed by atoms with E-state index in [0.29, 0.717) is 12.5 Å². The highest BCUT2D eigenvalue weighted by Crippen LogP contribution is 2.17. The molecule has 0 fully saturated rings. The molecule has 0 aliphatic rings. The van der Waals surface area contributed by atoms with Crippen molar-refractivity contribution in [1.82, 2.24) is 9.78 Å². The Labute approximate surface area is 121 Å². The first-order valence-electron chi connectivity index (χ1n) is 7.38. The first kappa shape index (κ1) is 14.8. The van der Waals surface area contributed by atoms with Gasteiger partial charge in [0.15, 0.2) is 0 Å². The number of benzene rings is 1. The third-order valence-corrected chi connectivity index (χ3v) is 4.12. The van der Waals surface area contributed by atoms with Gasteiger partial charge in [0.05, 0.1) is 12.2 Å². The predicted molar refractivity (Wildman–Crippen MR) is 84.1 cm³/mol. The summed E-state index contributed by atoms with van der Waals surface area (Å²) in [6, 6.07) is 8.73. The average Bonchev–Trinajstić information content (AvgIpc) is 2.73. The third-order valence-electron chi connectivity index (χ3n) is 4.12. The maximum absolute atomic E-state index is 5.71. The summed E-state index contributed by atoms with van der Waals surface area (Å²) in [5, 5.41) is 4.65. The molecule has 1 unspecified atom stereocenters. The molecule has 0 bridgehead atoms. The standard InChI is InChI=1S/C17H25N3/c1-5-17-13(3)19-20(14(17)4)11-15-6-8-16(9-7-15)12(2)10-18/h6-9,12H,5,10-11,18H2,1-4H3. The number of aryl methyl sites for hydroxylation is 1. The van der Waals surface area contributed by atoms with Gasteiger partial charge in [0.1, 0.15) is 0 Å². The second-order valence-corrected chi connectivity index (χ2v) is 5.54. The second kappa shape index (κ2) is 6.23. The lowest BCUT2D eigenvalue weighted by Gasteiger charge is -2.10. The Morgan fingerprint density at radius 1 is 1.20 bits per heavy atom. The maximum atomic E-state index is 5.71. The van der Waals surface area contributed by atoms with Gasteiger partial charge in [-0.25, -0.2) is 0 Å². The molecule has 0 saturated carbocycles. The van der Waals surface area contributed by atoms with E-state index in [9.17, 15) is 0 Å². The van der Waals surface area contributed by atoms with Crippen molar-refractivity contribution >= 4 is 0 Å². The molecule has 0 saturated heterocycles. The molecule has 3 nitrogen and oxygen atoms in total. The van der Waals surface area contributed by atoms with Gasteiger partial charge in [0, 0.05) is 5.69 Å². The quantitative estimate of drug-likeness (QED) is 0.907. The van der Waals surface area contributed by atoms with Gasteiger partial charge < -0.3 is 5.73 Å². The van der Waals surface area contributed by atoms with Crippen LogP contribution in [-0.4, -0.2) is 16.3 Å². The summed E-state index contributed by atoms with van der Waals surface area (Å²) in [5.41, 5.74) is 12.1. The Hall–Kier alpha value is -1.61. The van der Waals surface area contributed by atoms with Gasteiger partial charge in [-0.3, -0.25) is 4.68 Å². The van der Waals surface area contributed by atoms with Crippen LogP contribution in [0.5, 0.6) is 0 Å². The van der Waals surface area contributed by atoms with E-state index in [1.54, 1.807) is 0 Å². The minimum atomic E-state index is 0.421. The summed E-state index contributed by atoms with van der Waals surface area (Å²) in [7, 11) is 0. The van der Waals surface area contributed by atoms with E-state index in [-0.39, 0.29) is 0 Å². The van der Waals surface area contributed by atoms with Crippen LogP contribution in [0.4, 0.5) is 0 Å². The van der Waals surface area contributed by atoms with Gasteiger partial charge in [0.25, 0.3) is 0 Å². The van der Waals surface area contributed by atoms with Crippen molar-refractivity contribution in [3.63, 3.8) is 0 Å². The fourth-order valence-electron chi connectivity index (χ4n) is 2.66. The molecule has 0 aliphatic heterocycles. The number of hydrogen-bond acceptors (Lipinski definition) is 2. The number of nitrogens with zero attached hydrogens (tertiary/aromatic N) is 2. The number of hydrogen-bond donors (Lipinski definition) is 1. The van der Waals surface area contributed by atoms with Crippen LogP contribution in [0.3, 0.4) is 0 Å². The molecule has 1 aromatic heterocycles. The monoisotopic (exact) mass is 271 g/mol. The highest BCUT2D eigenvalue weighted by Gasteiger charge is 2.10. The van der Waals surface area contributed by atoms with Crippen molar-refractivity contribution in [1.29, 1.82) is 0 Å². The molecule has 2 N–H and O–H groups in total. The van der Waals surface area contributed by atoms with Crippen LogP contribution in [0.1, 0.15) is 47.8 Å². The SMILES string of the molecule is CCc1c(C)nn(Cc2ccc(C(C)CN)cc2)c1C. The molecular weight excluding hydrogens is 246 g/mol. The fourth-order valence-corrected chi connectivity index (χ4v) is 2.66. The van der Waals surface area contributed by atoms with Crippen molar-refractivity contribution < 1.29 is 0 Å². The predicted octanol–water partition coefficient (Wildman–Crippen LogP) is 3.17. The zero-order chi connectivity index (χ0) is 14.7. The molecule has 3 heteroatoms. The molecular formula is C17H25N3. The molecule has 108 valence electrons. The summed E-state index contributed by atoms with van der Waals surface area (Å²) < 4.78 is 2.11. The van der Waals surface area contributed by atoms with Crippen LogP contribution in [0.15, 0.2) is 24.3 Å². The van der Waals surface area contributed by atoms with Gasteiger partial charge in [-0.2, -0.15) is 5.10 Å². The molecule has 0 radical (unpaired) electrons. The maximum Gasteiger partial charge on any atom is 0.0662 e. The Kier molecular flexibility index (Phi) is 4.61. The van der Waals surface area contributed by atoms with Gasteiger partial charge in [0.2, 0.25) is 0 Å². The normalized spacial score (nSPS) is 12.7. The van der Waals surface area contributed by atoms with Crippen LogP contribution in [-0.2, 0) is 13.0 Å². The third kappa shape index (κ3) is 2.93. The number of aromatic nitrogens is 2. The molecule has 2 aromatic rings. The molecule has 0 spiro atoms. The highest BCUT2D eigenvalue weighted by atomic mass is 15.3. The van der Waals surface area contributed by atoms with Crippen molar-refractivity contribution in [2.75, 3.05) is 6.54 Å². The highest BCUT2D eigenvalue weighted by molar-refractivity contribution is 5.28. The number of rotatable bonds is 5. The van der Waals surface area contributed by atoms with Crippen LogP contribution in [0.2, 0.25) is 0 Å². The summed E-state index contributed by atoms with van der Waals surface area (Å²) in [6.07, 6.45) is 1.05. The molecule has 0 amide bonds. The molecule has 1 aromatic carbocycles. The van der Waals surface area contributed by atoms with Crippen molar-refractivity contribution in [2.24, 2.45) is 5.73 Å². The van der Waals surface area contributed by atoms with E-state index in [1.165, 1.54) is 22.4 Å². The lowest BCUT2D eigenvalue weighted by atomic mass is 10.00. The van der Waals surface area contributed by atoms with E-state index in [2.05, 4.69) is 61.7 Å². The van der Waals surface area contributed by atoms with Gasteiger partial charge >= 0.3 is 0 Å².